The molecular weight excluding hydrogens is 251 g/mol. The number of rotatable bonds is 4. The van der Waals surface area contributed by atoms with Crippen molar-refractivity contribution in [2.75, 3.05) is 13.2 Å². The fourth-order valence-electron chi connectivity index (χ4n) is 1.25. The van der Waals surface area contributed by atoms with Crippen molar-refractivity contribution in [2.45, 2.75) is 6.42 Å². The van der Waals surface area contributed by atoms with Gasteiger partial charge in [0.2, 0.25) is 0 Å². The Bertz CT molecular complexity index is 280. The Balaban J connectivity index is 2.75. The molecule has 78 valence electrons. The second kappa shape index (κ2) is 5.44. The van der Waals surface area contributed by atoms with E-state index in [2.05, 4.69) is 15.9 Å². The molecule has 0 aliphatic rings. The van der Waals surface area contributed by atoms with Gasteiger partial charge in [0, 0.05) is 23.6 Å². The van der Waals surface area contributed by atoms with E-state index in [1.165, 1.54) is 12.1 Å². The summed E-state index contributed by atoms with van der Waals surface area (Å²) in [6, 6.07) is 4.56. The highest BCUT2D eigenvalue weighted by atomic mass is 79.9. The summed E-state index contributed by atoms with van der Waals surface area (Å²) in [5.74, 6) is -0.535. The molecule has 2 nitrogen and oxygen atoms in total. The zero-order valence-electron chi connectivity index (χ0n) is 7.58. The molecule has 14 heavy (non-hydrogen) atoms. The lowest BCUT2D eigenvalue weighted by Crippen LogP contribution is -2.14. The van der Waals surface area contributed by atoms with Crippen molar-refractivity contribution in [3.63, 3.8) is 0 Å². The van der Waals surface area contributed by atoms with E-state index >= 15 is 0 Å². The van der Waals surface area contributed by atoms with E-state index < -0.39 is 0 Å². The highest BCUT2D eigenvalue weighted by Crippen LogP contribution is 2.17. The second-order valence-corrected chi connectivity index (χ2v) is 4.13. The highest BCUT2D eigenvalue weighted by molar-refractivity contribution is 9.10. The average Bonchev–Trinajstić information content (AvgIpc) is 2.12. The highest BCUT2D eigenvalue weighted by Gasteiger charge is 2.08. The van der Waals surface area contributed by atoms with E-state index in [-0.39, 0.29) is 24.9 Å². The minimum atomic E-state index is -0.316. The van der Waals surface area contributed by atoms with E-state index in [9.17, 15) is 4.39 Å². The summed E-state index contributed by atoms with van der Waals surface area (Å²) < 4.78 is 13.6. The molecule has 1 aromatic rings. The fourth-order valence-corrected chi connectivity index (χ4v) is 1.76. The van der Waals surface area contributed by atoms with Crippen molar-refractivity contribution in [3.05, 3.63) is 34.1 Å². The van der Waals surface area contributed by atoms with Crippen LogP contribution in [0.1, 0.15) is 5.56 Å². The van der Waals surface area contributed by atoms with Crippen molar-refractivity contribution in [2.24, 2.45) is 5.92 Å². The lowest BCUT2D eigenvalue weighted by Gasteiger charge is -2.10. The minimum absolute atomic E-state index is 0.0926. The van der Waals surface area contributed by atoms with E-state index in [0.717, 1.165) is 5.56 Å². The summed E-state index contributed by atoms with van der Waals surface area (Å²) in [5.41, 5.74) is 0.768. The molecule has 0 spiro atoms. The third kappa shape index (κ3) is 3.36. The SMILES string of the molecule is OCC(CO)Cc1cc(F)cc(Br)c1. The summed E-state index contributed by atoms with van der Waals surface area (Å²) in [6.07, 6.45) is 0.476. The molecule has 0 radical (unpaired) electrons. The second-order valence-electron chi connectivity index (χ2n) is 3.21. The number of hydrogen-bond donors (Lipinski definition) is 2. The topological polar surface area (TPSA) is 40.5 Å². The Labute approximate surface area is 90.5 Å². The molecule has 1 aromatic carbocycles. The molecular formula is C10H12BrFO2. The standard InChI is InChI=1S/C10H12BrFO2/c11-9-2-7(3-10(12)4-9)1-8(5-13)6-14/h2-4,8,13-14H,1,5-6H2. The van der Waals surface area contributed by atoms with Gasteiger partial charge in [-0.3, -0.25) is 0 Å². The molecule has 0 aliphatic heterocycles. The molecule has 4 heteroatoms. The van der Waals surface area contributed by atoms with Crippen LogP contribution in [-0.4, -0.2) is 23.4 Å². The molecule has 0 atom stereocenters. The first-order valence-corrected chi connectivity index (χ1v) is 5.11. The third-order valence-electron chi connectivity index (χ3n) is 1.96. The normalized spacial score (nSPS) is 10.9. The first kappa shape index (κ1) is 11.6. The van der Waals surface area contributed by atoms with E-state index in [4.69, 9.17) is 10.2 Å². The lowest BCUT2D eigenvalue weighted by molar-refractivity contribution is 0.150. The van der Waals surface area contributed by atoms with Crippen LogP contribution in [0.15, 0.2) is 22.7 Å². The zero-order chi connectivity index (χ0) is 10.6. The van der Waals surface area contributed by atoms with Gasteiger partial charge in [0.15, 0.2) is 0 Å². The number of hydrogen-bond acceptors (Lipinski definition) is 2. The van der Waals surface area contributed by atoms with Gasteiger partial charge in [0.25, 0.3) is 0 Å². The Morgan fingerprint density at radius 3 is 2.36 bits per heavy atom. The summed E-state index contributed by atoms with van der Waals surface area (Å²) in [5, 5.41) is 17.7. The minimum Gasteiger partial charge on any atom is -0.396 e. The third-order valence-corrected chi connectivity index (χ3v) is 2.42. The van der Waals surface area contributed by atoms with Crippen molar-refractivity contribution in [1.82, 2.24) is 0 Å². The number of aliphatic hydroxyl groups is 2. The maximum absolute atomic E-state index is 12.9. The Kier molecular flexibility index (Phi) is 4.51. The number of halogens is 2. The molecule has 1 rings (SSSR count). The van der Waals surface area contributed by atoms with Crippen LogP contribution in [0.2, 0.25) is 0 Å². The Morgan fingerprint density at radius 1 is 1.21 bits per heavy atom. The Morgan fingerprint density at radius 2 is 1.86 bits per heavy atom. The maximum atomic E-state index is 12.9. The molecule has 0 aromatic heterocycles. The van der Waals surface area contributed by atoms with E-state index in [1.807, 2.05) is 0 Å². The van der Waals surface area contributed by atoms with Crippen molar-refractivity contribution >= 4 is 15.9 Å². The van der Waals surface area contributed by atoms with Crippen LogP contribution in [0.5, 0.6) is 0 Å². The largest absolute Gasteiger partial charge is 0.396 e. The smallest absolute Gasteiger partial charge is 0.124 e. The first-order chi connectivity index (χ1) is 6.65. The van der Waals surface area contributed by atoms with Gasteiger partial charge in [-0.25, -0.2) is 4.39 Å². The average molecular weight is 263 g/mol. The molecule has 0 saturated carbocycles. The Hall–Kier alpha value is -0.450. The summed E-state index contributed by atoms with van der Waals surface area (Å²) in [6.45, 7) is -0.185. The molecule has 0 bridgehead atoms. The molecule has 0 amide bonds. The fraction of sp³-hybridized carbons (Fsp3) is 0.400. The van der Waals surface area contributed by atoms with Crippen molar-refractivity contribution < 1.29 is 14.6 Å². The summed E-state index contributed by atoms with van der Waals surface area (Å²) in [7, 11) is 0. The van der Waals surface area contributed by atoms with Crippen LogP contribution in [0, 0.1) is 11.7 Å². The molecule has 0 unspecified atom stereocenters. The van der Waals surface area contributed by atoms with Gasteiger partial charge in [-0.1, -0.05) is 15.9 Å². The van der Waals surface area contributed by atoms with Gasteiger partial charge in [0.05, 0.1) is 0 Å². The predicted octanol–water partition coefficient (Wildman–Crippen LogP) is 1.73. The van der Waals surface area contributed by atoms with Crippen molar-refractivity contribution in [1.29, 1.82) is 0 Å². The quantitative estimate of drug-likeness (QED) is 0.868. The van der Waals surface area contributed by atoms with Crippen LogP contribution in [0.25, 0.3) is 0 Å². The monoisotopic (exact) mass is 262 g/mol. The predicted molar refractivity (Wildman–Crippen MR) is 55.5 cm³/mol. The van der Waals surface area contributed by atoms with E-state index in [0.29, 0.717) is 10.9 Å². The van der Waals surface area contributed by atoms with E-state index in [1.54, 1.807) is 6.07 Å². The molecule has 0 saturated heterocycles. The summed E-state index contributed by atoms with van der Waals surface area (Å²) in [4.78, 5) is 0. The van der Waals surface area contributed by atoms with Gasteiger partial charge in [-0.05, 0) is 30.2 Å². The van der Waals surface area contributed by atoms with Gasteiger partial charge in [-0.15, -0.1) is 0 Å². The zero-order valence-corrected chi connectivity index (χ0v) is 9.17. The maximum Gasteiger partial charge on any atom is 0.124 e. The van der Waals surface area contributed by atoms with Crippen molar-refractivity contribution in [3.8, 4) is 0 Å². The summed E-state index contributed by atoms with van der Waals surface area (Å²) >= 11 is 3.18. The molecule has 0 heterocycles. The van der Waals surface area contributed by atoms with Crippen LogP contribution in [-0.2, 0) is 6.42 Å². The first-order valence-electron chi connectivity index (χ1n) is 4.32. The van der Waals surface area contributed by atoms with Crippen LogP contribution in [0.3, 0.4) is 0 Å². The van der Waals surface area contributed by atoms with Crippen LogP contribution in [0.4, 0.5) is 4.39 Å². The van der Waals surface area contributed by atoms with Crippen LogP contribution >= 0.6 is 15.9 Å². The van der Waals surface area contributed by atoms with Gasteiger partial charge in [-0.2, -0.15) is 0 Å². The molecule has 0 aliphatic carbocycles. The van der Waals surface area contributed by atoms with Gasteiger partial charge >= 0.3 is 0 Å². The van der Waals surface area contributed by atoms with Gasteiger partial charge in [0.1, 0.15) is 5.82 Å². The molecule has 0 fully saturated rings. The lowest BCUT2D eigenvalue weighted by atomic mass is 10.0. The van der Waals surface area contributed by atoms with Crippen LogP contribution < -0.4 is 0 Å². The number of benzene rings is 1. The number of aliphatic hydroxyl groups excluding tert-OH is 2. The molecule has 2 N–H and O–H groups in total. The van der Waals surface area contributed by atoms with Gasteiger partial charge < -0.3 is 10.2 Å².